The lowest BCUT2D eigenvalue weighted by Gasteiger charge is -2.57. The van der Waals surface area contributed by atoms with Gasteiger partial charge in [0.15, 0.2) is 10.8 Å². The van der Waals surface area contributed by atoms with Gasteiger partial charge in [0, 0.05) is 11.8 Å². The maximum Gasteiger partial charge on any atom is 0.241 e. The summed E-state index contributed by atoms with van der Waals surface area (Å²) in [6.45, 7) is 10.1. The Morgan fingerprint density at radius 3 is 1.87 bits per heavy atom. The van der Waals surface area contributed by atoms with Gasteiger partial charge < -0.3 is 4.43 Å². The lowest BCUT2D eigenvalue weighted by atomic mass is 9.40. The highest BCUT2D eigenvalue weighted by atomic mass is 28.4. The number of nitrogens with zero attached hydrogens (tertiary/aromatic N) is 4. The number of hydrogen-bond donors (Lipinski definition) is 0. The molecule has 0 amide bonds. The van der Waals surface area contributed by atoms with E-state index in [1.165, 1.54) is 0 Å². The van der Waals surface area contributed by atoms with E-state index in [9.17, 15) is 21.0 Å². The van der Waals surface area contributed by atoms with Gasteiger partial charge in [0.2, 0.25) is 8.32 Å². The second-order valence-corrected chi connectivity index (χ2v) is 12.5. The molecule has 0 aromatic rings. The van der Waals surface area contributed by atoms with Gasteiger partial charge in [0.25, 0.3) is 0 Å². The SMILES string of the molecule is CC1(C)CC2C(O[Si](C)(C)C)=CC1C(C#N)(C#N)C2(C#N)C#N. The predicted molar refractivity (Wildman–Crippen MR) is 85.2 cm³/mol. The van der Waals surface area contributed by atoms with Crippen LogP contribution in [-0.2, 0) is 4.43 Å². The predicted octanol–water partition coefficient (Wildman–Crippen LogP) is 3.46. The topological polar surface area (TPSA) is 104 Å². The van der Waals surface area contributed by atoms with Crippen molar-refractivity contribution in [3.05, 3.63) is 11.8 Å². The van der Waals surface area contributed by atoms with Gasteiger partial charge in [0.1, 0.15) is 0 Å². The average Bonchev–Trinajstić information content (AvgIpc) is 2.46. The Bertz CT molecular complexity index is 705. The maximum atomic E-state index is 9.80. The van der Waals surface area contributed by atoms with Crippen molar-refractivity contribution in [2.45, 2.75) is 39.9 Å². The summed E-state index contributed by atoms with van der Waals surface area (Å²) in [6, 6.07) is 8.14. The van der Waals surface area contributed by atoms with Gasteiger partial charge >= 0.3 is 0 Å². The molecule has 0 N–H and O–H groups in total. The summed E-state index contributed by atoms with van der Waals surface area (Å²) in [5, 5.41) is 39.2. The lowest BCUT2D eigenvalue weighted by molar-refractivity contribution is -0.0368. The van der Waals surface area contributed by atoms with E-state index in [0.717, 1.165) is 0 Å². The number of fused-ring (bicyclic) bond motifs is 2. The molecule has 0 aromatic carbocycles. The van der Waals surface area contributed by atoms with Crippen LogP contribution in [0.1, 0.15) is 20.3 Å². The van der Waals surface area contributed by atoms with Crippen LogP contribution in [0.4, 0.5) is 0 Å². The molecule has 23 heavy (non-hydrogen) atoms. The van der Waals surface area contributed by atoms with E-state index in [2.05, 4.69) is 0 Å². The first-order valence-electron chi connectivity index (χ1n) is 7.59. The van der Waals surface area contributed by atoms with Gasteiger partial charge in [-0.1, -0.05) is 13.8 Å². The van der Waals surface area contributed by atoms with Gasteiger partial charge in [-0.05, 0) is 37.6 Å². The molecule has 2 unspecified atom stereocenters. The molecule has 1 fully saturated rings. The van der Waals surface area contributed by atoms with Gasteiger partial charge in [-0.2, -0.15) is 21.0 Å². The Hall–Kier alpha value is -2.28. The highest BCUT2D eigenvalue weighted by Crippen LogP contribution is 2.67. The lowest BCUT2D eigenvalue weighted by Crippen LogP contribution is -2.61. The first-order valence-corrected chi connectivity index (χ1v) is 11.0. The molecule has 118 valence electrons. The van der Waals surface area contributed by atoms with E-state index < -0.39 is 31.0 Å². The third-order valence-corrected chi connectivity index (χ3v) is 5.84. The average molecular weight is 324 g/mol. The molecule has 5 nitrogen and oxygen atoms in total. The van der Waals surface area contributed by atoms with E-state index in [4.69, 9.17) is 4.43 Å². The molecule has 6 heteroatoms. The Morgan fingerprint density at radius 1 is 1.00 bits per heavy atom. The van der Waals surface area contributed by atoms with Crippen LogP contribution in [0.25, 0.3) is 0 Å². The van der Waals surface area contributed by atoms with Crippen molar-refractivity contribution in [2.24, 2.45) is 28.1 Å². The molecule has 0 saturated heterocycles. The summed E-state index contributed by atoms with van der Waals surface area (Å²) >= 11 is 0. The quantitative estimate of drug-likeness (QED) is 0.723. The van der Waals surface area contributed by atoms with E-state index >= 15 is 0 Å². The maximum absolute atomic E-state index is 9.80. The van der Waals surface area contributed by atoms with Crippen molar-refractivity contribution < 1.29 is 4.43 Å². The molecule has 2 bridgehead atoms. The zero-order valence-electron chi connectivity index (χ0n) is 14.1. The summed E-state index contributed by atoms with van der Waals surface area (Å²) in [4.78, 5) is 0. The number of hydrogen-bond acceptors (Lipinski definition) is 5. The summed E-state index contributed by atoms with van der Waals surface area (Å²) in [6.07, 6.45) is 2.39. The monoisotopic (exact) mass is 324 g/mol. The molecule has 0 spiro atoms. The third-order valence-electron chi connectivity index (χ3n) is 4.99. The molecule has 0 aliphatic heterocycles. The van der Waals surface area contributed by atoms with Crippen LogP contribution in [0.3, 0.4) is 0 Å². The van der Waals surface area contributed by atoms with E-state index in [1.54, 1.807) is 0 Å². The van der Waals surface area contributed by atoms with E-state index in [1.807, 2.05) is 63.8 Å². The summed E-state index contributed by atoms with van der Waals surface area (Å²) < 4.78 is 6.13. The van der Waals surface area contributed by atoms with Crippen LogP contribution in [0, 0.1) is 73.4 Å². The zero-order chi connectivity index (χ0) is 17.7. The Labute approximate surface area is 138 Å². The smallest absolute Gasteiger partial charge is 0.241 e. The number of allylic oxidation sites excluding steroid dienone is 2. The van der Waals surface area contributed by atoms with Gasteiger partial charge in [0.05, 0.1) is 30.0 Å². The highest BCUT2D eigenvalue weighted by molar-refractivity contribution is 6.70. The third kappa shape index (κ3) is 2.07. The molecule has 2 atom stereocenters. The van der Waals surface area contributed by atoms with Crippen LogP contribution in [0.2, 0.25) is 19.6 Å². The van der Waals surface area contributed by atoms with Crippen LogP contribution >= 0.6 is 0 Å². The van der Waals surface area contributed by atoms with Crippen molar-refractivity contribution in [1.29, 1.82) is 21.0 Å². The molecule has 3 aliphatic carbocycles. The molecule has 3 rings (SSSR count). The van der Waals surface area contributed by atoms with Crippen molar-refractivity contribution in [3.63, 3.8) is 0 Å². The molecule has 0 heterocycles. The molecular weight excluding hydrogens is 304 g/mol. The van der Waals surface area contributed by atoms with E-state index in [-0.39, 0.29) is 5.41 Å². The fraction of sp³-hybridized carbons (Fsp3) is 0.647. The van der Waals surface area contributed by atoms with Gasteiger partial charge in [-0.3, -0.25) is 0 Å². The van der Waals surface area contributed by atoms with Crippen LogP contribution in [0.15, 0.2) is 11.8 Å². The summed E-state index contributed by atoms with van der Waals surface area (Å²) in [7, 11) is -1.94. The molecule has 3 aliphatic rings. The van der Waals surface area contributed by atoms with Crippen molar-refractivity contribution in [1.82, 2.24) is 0 Å². The highest BCUT2D eigenvalue weighted by Gasteiger charge is 2.72. The Kier molecular flexibility index (Phi) is 3.61. The normalized spacial score (nSPS) is 29.2. The largest absolute Gasteiger partial charge is 0.547 e. The van der Waals surface area contributed by atoms with Crippen molar-refractivity contribution in [2.75, 3.05) is 0 Å². The minimum Gasteiger partial charge on any atom is -0.547 e. The Morgan fingerprint density at radius 2 is 1.48 bits per heavy atom. The van der Waals surface area contributed by atoms with Crippen LogP contribution in [0.5, 0.6) is 0 Å². The van der Waals surface area contributed by atoms with Gasteiger partial charge in [-0.15, -0.1) is 0 Å². The molecular formula is C17H20N4OSi. The Balaban J connectivity index is 2.78. The standard InChI is InChI=1S/C17H20N4OSi/c1-15(2)7-12-13(22-23(3,4)5)6-14(15)17(10-20,11-21)16(12,8-18)9-19/h6,12,14H,7H2,1-5H3. The summed E-state index contributed by atoms with van der Waals surface area (Å²) in [5.74, 6) is -0.443. The fourth-order valence-electron chi connectivity index (χ4n) is 4.01. The van der Waals surface area contributed by atoms with Crippen LogP contribution < -0.4 is 0 Å². The molecule has 0 aromatic heterocycles. The van der Waals surface area contributed by atoms with Crippen molar-refractivity contribution in [3.8, 4) is 24.3 Å². The van der Waals surface area contributed by atoms with E-state index in [0.29, 0.717) is 12.2 Å². The number of rotatable bonds is 2. The molecule has 1 saturated carbocycles. The number of nitriles is 4. The first-order chi connectivity index (χ1) is 10.5. The second-order valence-electron chi connectivity index (χ2n) is 8.07. The van der Waals surface area contributed by atoms with Gasteiger partial charge in [-0.25, -0.2) is 0 Å². The molecule has 0 radical (unpaired) electrons. The summed E-state index contributed by atoms with van der Waals surface area (Å²) in [5.41, 5.74) is -3.71. The second kappa shape index (κ2) is 4.86. The zero-order valence-corrected chi connectivity index (χ0v) is 15.1. The fourth-order valence-corrected chi connectivity index (χ4v) is 4.93. The minimum atomic E-state index is -1.94. The van der Waals surface area contributed by atoms with Crippen molar-refractivity contribution >= 4 is 8.32 Å². The van der Waals surface area contributed by atoms with Crippen LogP contribution in [-0.4, -0.2) is 8.32 Å². The minimum absolute atomic E-state index is 0.348. The first kappa shape index (κ1) is 17.1.